The summed E-state index contributed by atoms with van der Waals surface area (Å²) in [6.45, 7) is 7.45. The molecular weight excluding hydrogens is 394 g/mol. The number of nitrogens with zero attached hydrogens (tertiary/aromatic N) is 3. The molecule has 0 N–H and O–H groups in total. The van der Waals surface area contributed by atoms with Gasteiger partial charge in [0.25, 0.3) is 5.91 Å². The summed E-state index contributed by atoms with van der Waals surface area (Å²) in [4.78, 5) is 28.7. The number of benzene rings is 2. The van der Waals surface area contributed by atoms with E-state index in [9.17, 15) is 14.9 Å². The van der Waals surface area contributed by atoms with Crippen LogP contribution in [0.25, 0.3) is 0 Å². The first-order valence-corrected chi connectivity index (χ1v) is 11.0. The number of amides is 1. The van der Waals surface area contributed by atoms with Gasteiger partial charge in [-0.05, 0) is 50.4 Å². The third kappa shape index (κ3) is 5.82. The summed E-state index contributed by atoms with van der Waals surface area (Å²) in [6.07, 6.45) is 2.80. The van der Waals surface area contributed by atoms with E-state index in [4.69, 9.17) is 4.74 Å². The van der Waals surface area contributed by atoms with Crippen molar-refractivity contribution in [3.63, 3.8) is 0 Å². The second-order valence-corrected chi connectivity index (χ2v) is 7.89. The summed E-state index contributed by atoms with van der Waals surface area (Å²) >= 11 is 0. The van der Waals surface area contributed by atoms with Gasteiger partial charge in [-0.2, -0.15) is 0 Å². The summed E-state index contributed by atoms with van der Waals surface area (Å²) in [5, 5.41) is 11.5. The average molecular weight is 426 g/mol. The molecule has 0 aliphatic carbocycles. The Morgan fingerprint density at radius 1 is 1.23 bits per heavy atom. The van der Waals surface area contributed by atoms with Crippen molar-refractivity contribution in [2.45, 2.75) is 45.7 Å². The number of likely N-dealkylation sites (tertiary alicyclic amines) is 1. The highest BCUT2D eigenvalue weighted by Gasteiger charge is 2.30. The fourth-order valence-corrected chi connectivity index (χ4v) is 4.20. The number of carbonyl (C=O) groups excluding carboxylic acids is 1. The third-order valence-corrected chi connectivity index (χ3v) is 5.60. The number of ether oxygens (including phenoxy) is 1. The molecule has 1 amide bonds. The lowest BCUT2D eigenvalue weighted by atomic mass is 10.0. The molecule has 0 saturated carbocycles. The quantitative estimate of drug-likeness (QED) is 0.436. The monoisotopic (exact) mass is 425 g/mol. The first-order valence-electron chi connectivity index (χ1n) is 11.0. The normalized spacial score (nSPS) is 16.6. The highest BCUT2D eigenvalue weighted by molar-refractivity contribution is 5.95. The number of carbonyl (C=O) groups is 1. The molecule has 2 aromatic carbocycles. The minimum atomic E-state index is -0.492. The van der Waals surface area contributed by atoms with Gasteiger partial charge < -0.3 is 9.64 Å². The van der Waals surface area contributed by atoms with Gasteiger partial charge in [-0.25, -0.2) is 0 Å². The Kier molecular flexibility index (Phi) is 8.00. The molecule has 3 rings (SSSR count). The molecule has 0 spiro atoms. The van der Waals surface area contributed by atoms with Crippen molar-refractivity contribution < 1.29 is 14.5 Å². The molecule has 1 fully saturated rings. The Morgan fingerprint density at radius 3 is 2.68 bits per heavy atom. The predicted molar refractivity (Wildman–Crippen MR) is 120 cm³/mol. The summed E-state index contributed by atoms with van der Waals surface area (Å²) in [6, 6.07) is 15.0. The number of hydrogen-bond acceptors (Lipinski definition) is 5. The Hall–Kier alpha value is -2.93. The van der Waals surface area contributed by atoms with Crippen LogP contribution in [0.2, 0.25) is 0 Å². The van der Waals surface area contributed by atoms with Crippen molar-refractivity contribution in [3.05, 3.63) is 69.8 Å². The second kappa shape index (κ2) is 10.9. The van der Waals surface area contributed by atoms with Crippen LogP contribution in [-0.2, 0) is 6.54 Å². The van der Waals surface area contributed by atoms with Gasteiger partial charge in [0.05, 0.1) is 11.5 Å². The maximum absolute atomic E-state index is 13.4. The summed E-state index contributed by atoms with van der Waals surface area (Å²) in [7, 11) is 0. The van der Waals surface area contributed by atoms with Gasteiger partial charge in [-0.1, -0.05) is 37.3 Å². The van der Waals surface area contributed by atoms with Crippen LogP contribution in [0.3, 0.4) is 0 Å². The van der Waals surface area contributed by atoms with Crippen LogP contribution in [0.15, 0.2) is 48.5 Å². The Labute approximate surface area is 183 Å². The van der Waals surface area contributed by atoms with Gasteiger partial charge >= 0.3 is 5.69 Å². The Morgan fingerprint density at radius 2 is 2.00 bits per heavy atom. The van der Waals surface area contributed by atoms with E-state index in [0.717, 1.165) is 38.9 Å². The molecule has 1 heterocycles. The van der Waals surface area contributed by atoms with Crippen molar-refractivity contribution in [2.24, 2.45) is 0 Å². The molecule has 2 aromatic rings. The second-order valence-electron chi connectivity index (χ2n) is 7.89. The van der Waals surface area contributed by atoms with Gasteiger partial charge in [0.2, 0.25) is 0 Å². The summed E-state index contributed by atoms with van der Waals surface area (Å²) in [5.41, 5.74) is 1.43. The van der Waals surface area contributed by atoms with E-state index in [1.54, 1.807) is 13.0 Å². The van der Waals surface area contributed by atoms with Crippen molar-refractivity contribution >= 4 is 11.6 Å². The average Bonchev–Trinajstić information content (AvgIpc) is 2.78. The number of piperidine rings is 1. The number of rotatable bonds is 9. The molecule has 166 valence electrons. The SMILES string of the molecule is CCCN(C(=O)c1ccc(OCC)c([N+](=O)[O-])c1)[C@@H]1CCCN(Cc2ccccc2)C1. The molecule has 0 unspecified atom stereocenters. The van der Waals surface area contributed by atoms with E-state index in [-0.39, 0.29) is 23.4 Å². The van der Waals surface area contributed by atoms with Gasteiger partial charge in [-0.3, -0.25) is 19.8 Å². The smallest absolute Gasteiger partial charge is 0.311 e. The number of nitro benzene ring substituents is 1. The lowest BCUT2D eigenvalue weighted by Gasteiger charge is -2.39. The molecule has 0 bridgehead atoms. The molecule has 31 heavy (non-hydrogen) atoms. The topological polar surface area (TPSA) is 75.9 Å². The molecule has 1 aliphatic rings. The van der Waals surface area contributed by atoms with Crippen LogP contribution in [0.5, 0.6) is 5.75 Å². The Bertz CT molecular complexity index is 888. The van der Waals surface area contributed by atoms with Crippen molar-refractivity contribution in [1.82, 2.24) is 9.80 Å². The highest BCUT2D eigenvalue weighted by Crippen LogP contribution is 2.29. The summed E-state index contributed by atoms with van der Waals surface area (Å²) < 4.78 is 5.35. The van der Waals surface area contributed by atoms with Crippen molar-refractivity contribution in [2.75, 3.05) is 26.2 Å². The van der Waals surface area contributed by atoms with E-state index < -0.39 is 4.92 Å². The first kappa shape index (κ1) is 22.7. The maximum atomic E-state index is 13.4. The van der Waals surface area contributed by atoms with E-state index in [0.29, 0.717) is 18.7 Å². The van der Waals surface area contributed by atoms with Crippen LogP contribution in [0, 0.1) is 10.1 Å². The molecule has 1 atom stereocenters. The molecular formula is C24H31N3O4. The van der Waals surface area contributed by atoms with Crippen molar-refractivity contribution in [3.8, 4) is 5.75 Å². The fourth-order valence-electron chi connectivity index (χ4n) is 4.20. The van der Waals surface area contributed by atoms with E-state index in [1.165, 1.54) is 17.7 Å². The lowest BCUT2D eigenvalue weighted by Crippen LogP contribution is -2.50. The molecule has 7 nitrogen and oxygen atoms in total. The minimum absolute atomic E-state index is 0.0931. The lowest BCUT2D eigenvalue weighted by molar-refractivity contribution is -0.385. The van der Waals surface area contributed by atoms with Gasteiger partial charge in [0.15, 0.2) is 5.75 Å². The number of nitro groups is 1. The zero-order chi connectivity index (χ0) is 22.2. The zero-order valence-corrected chi connectivity index (χ0v) is 18.3. The number of hydrogen-bond donors (Lipinski definition) is 0. The minimum Gasteiger partial charge on any atom is -0.487 e. The van der Waals surface area contributed by atoms with Crippen LogP contribution in [0.1, 0.15) is 49.0 Å². The molecule has 1 saturated heterocycles. The van der Waals surface area contributed by atoms with Gasteiger partial charge in [0.1, 0.15) is 0 Å². The van der Waals surface area contributed by atoms with Gasteiger partial charge in [0, 0.05) is 37.3 Å². The van der Waals surface area contributed by atoms with E-state index >= 15 is 0 Å². The predicted octanol–water partition coefficient (Wildman–Crippen LogP) is 4.51. The van der Waals surface area contributed by atoms with Crippen LogP contribution < -0.4 is 4.74 Å². The summed E-state index contributed by atoms with van der Waals surface area (Å²) in [5.74, 6) is 0.0392. The molecule has 7 heteroatoms. The fraction of sp³-hybridized carbons (Fsp3) is 0.458. The van der Waals surface area contributed by atoms with Crippen LogP contribution in [-0.4, -0.2) is 52.9 Å². The molecule has 0 aromatic heterocycles. The largest absolute Gasteiger partial charge is 0.487 e. The van der Waals surface area contributed by atoms with Crippen LogP contribution >= 0.6 is 0 Å². The zero-order valence-electron chi connectivity index (χ0n) is 18.3. The standard InChI is InChI=1S/C24H31N3O4/c1-3-14-26(21-11-8-15-25(18-21)17-19-9-6-5-7-10-19)24(28)20-12-13-23(31-4-2)22(16-20)27(29)30/h5-7,9-10,12-13,16,21H,3-4,8,11,14-15,17-18H2,1-2H3/t21-/m1/s1. The maximum Gasteiger partial charge on any atom is 0.311 e. The molecule has 1 aliphatic heterocycles. The van der Waals surface area contributed by atoms with E-state index in [2.05, 4.69) is 17.0 Å². The van der Waals surface area contributed by atoms with Gasteiger partial charge in [-0.15, -0.1) is 0 Å². The first-order chi connectivity index (χ1) is 15.0. The van der Waals surface area contributed by atoms with Crippen LogP contribution in [0.4, 0.5) is 5.69 Å². The third-order valence-electron chi connectivity index (χ3n) is 5.60. The Balaban J connectivity index is 1.78. The molecule has 0 radical (unpaired) electrons. The highest BCUT2D eigenvalue weighted by atomic mass is 16.6. The van der Waals surface area contributed by atoms with Crippen molar-refractivity contribution in [1.29, 1.82) is 0 Å². The van der Waals surface area contributed by atoms with E-state index in [1.807, 2.05) is 30.0 Å².